The molecule has 4 aromatic carbocycles. The Labute approximate surface area is 179 Å². The molecular formula is C26H18N4O. The molecule has 5 nitrogen and oxygen atoms in total. The molecule has 0 radical (unpaired) electrons. The highest BCUT2D eigenvalue weighted by atomic mass is 16.5. The zero-order chi connectivity index (χ0) is 20.6. The van der Waals surface area contributed by atoms with Crippen molar-refractivity contribution < 1.29 is 4.74 Å². The van der Waals surface area contributed by atoms with E-state index < -0.39 is 0 Å². The van der Waals surface area contributed by atoms with Crippen LogP contribution in [0.5, 0.6) is 11.5 Å². The predicted molar refractivity (Wildman–Crippen MR) is 122 cm³/mol. The standard InChI is InChI=1S/C26H18N4O/c1-2-8-20(9-3-1)29-18-22(27-28-29)19-14-16-21(17-15-19)30-23-10-4-6-12-25(23)31-26-13-7-5-11-24(26)30/h1-18H. The minimum atomic E-state index is 0.832. The van der Waals surface area contributed by atoms with Crippen LogP contribution >= 0.6 is 0 Å². The Bertz CT molecular complexity index is 1310. The molecule has 0 amide bonds. The van der Waals surface area contributed by atoms with Gasteiger partial charge in [-0.1, -0.05) is 59.8 Å². The van der Waals surface area contributed by atoms with Crippen LogP contribution in [0.4, 0.5) is 17.1 Å². The molecular weight excluding hydrogens is 384 g/mol. The molecule has 31 heavy (non-hydrogen) atoms. The Hall–Kier alpha value is -4.38. The van der Waals surface area contributed by atoms with Crippen molar-refractivity contribution in [3.8, 4) is 28.4 Å². The third-order valence-corrected chi connectivity index (χ3v) is 5.37. The molecule has 0 spiro atoms. The van der Waals surface area contributed by atoms with Gasteiger partial charge in [0.15, 0.2) is 11.5 Å². The minimum Gasteiger partial charge on any atom is -0.453 e. The molecule has 5 heteroatoms. The highest BCUT2D eigenvalue weighted by Gasteiger charge is 2.25. The normalized spacial score (nSPS) is 12.1. The fourth-order valence-corrected chi connectivity index (χ4v) is 3.87. The van der Waals surface area contributed by atoms with Gasteiger partial charge in [-0.25, -0.2) is 4.68 Å². The molecule has 0 saturated heterocycles. The minimum absolute atomic E-state index is 0.832. The van der Waals surface area contributed by atoms with Gasteiger partial charge in [0, 0.05) is 11.3 Å². The Kier molecular flexibility index (Phi) is 4.03. The van der Waals surface area contributed by atoms with Crippen molar-refractivity contribution in [1.29, 1.82) is 0 Å². The van der Waals surface area contributed by atoms with E-state index in [1.54, 1.807) is 4.68 Å². The average Bonchev–Trinajstić information content (AvgIpc) is 3.34. The van der Waals surface area contributed by atoms with Gasteiger partial charge in [0.05, 0.1) is 23.3 Å². The topological polar surface area (TPSA) is 43.2 Å². The SMILES string of the molecule is c1ccc(-n2cc(-c3ccc(N4c5ccccc5Oc5ccccc54)cc3)nn2)cc1. The van der Waals surface area contributed by atoms with Gasteiger partial charge >= 0.3 is 0 Å². The number of hydrogen-bond acceptors (Lipinski definition) is 4. The molecule has 0 bridgehead atoms. The van der Waals surface area contributed by atoms with Crippen molar-refractivity contribution in [1.82, 2.24) is 15.0 Å². The summed E-state index contributed by atoms with van der Waals surface area (Å²) < 4.78 is 7.89. The zero-order valence-electron chi connectivity index (χ0n) is 16.6. The number of para-hydroxylation sites is 5. The van der Waals surface area contributed by atoms with Gasteiger partial charge < -0.3 is 9.64 Å². The largest absolute Gasteiger partial charge is 0.453 e. The fourth-order valence-electron chi connectivity index (χ4n) is 3.87. The number of aromatic nitrogens is 3. The summed E-state index contributed by atoms with van der Waals surface area (Å²) in [6.45, 7) is 0. The first kappa shape index (κ1) is 17.5. The van der Waals surface area contributed by atoms with Crippen molar-refractivity contribution in [3.63, 3.8) is 0 Å². The van der Waals surface area contributed by atoms with E-state index in [1.165, 1.54) is 0 Å². The Balaban J connectivity index is 1.37. The molecule has 0 N–H and O–H groups in total. The highest BCUT2D eigenvalue weighted by molar-refractivity contribution is 5.86. The maximum atomic E-state index is 6.10. The highest BCUT2D eigenvalue weighted by Crippen LogP contribution is 2.50. The third kappa shape index (κ3) is 3.04. The van der Waals surface area contributed by atoms with E-state index in [2.05, 4.69) is 51.6 Å². The molecule has 0 aliphatic carbocycles. The molecule has 1 aliphatic rings. The molecule has 148 valence electrons. The van der Waals surface area contributed by atoms with Crippen LogP contribution in [-0.2, 0) is 0 Å². The monoisotopic (exact) mass is 402 g/mol. The molecule has 2 heterocycles. The first-order valence-corrected chi connectivity index (χ1v) is 10.1. The number of benzene rings is 4. The van der Waals surface area contributed by atoms with Gasteiger partial charge in [-0.05, 0) is 48.5 Å². The van der Waals surface area contributed by atoms with Gasteiger partial charge in [-0.3, -0.25) is 0 Å². The maximum absolute atomic E-state index is 6.10. The lowest BCUT2D eigenvalue weighted by Gasteiger charge is -2.32. The number of anilines is 3. The third-order valence-electron chi connectivity index (χ3n) is 5.37. The summed E-state index contributed by atoms with van der Waals surface area (Å²) in [5.74, 6) is 1.69. The number of rotatable bonds is 3. The average molecular weight is 402 g/mol. The second kappa shape index (κ2) is 7.15. The van der Waals surface area contributed by atoms with Gasteiger partial charge in [-0.2, -0.15) is 0 Å². The summed E-state index contributed by atoms with van der Waals surface area (Å²) >= 11 is 0. The van der Waals surface area contributed by atoms with Crippen LogP contribution in [0.2, 0.25) is 0 Å². The van der Waals surface area contributed by atoms with E-state index in [9.17, 15) is 0 Å². The molecule has 0 unspecified atom stereocenters. The van der Waals surface area contributed by atoms with Crippen LogP contribution in [0.3, 0.4) is 0 Å². The summed E-state index contributed by atoms with van der Waals surface area (Å²) in [5, 5.41) is 8.63. The van der Waals surface area contributed by atoms with Crippen molar-refractivity contribution in [3.05, 3.63) is 109 Å². The molecule has 0 atom stereocenters. The summed E-state index contributed by atoms with van der Waals surface area (Å²) in [7, 11) is 0. The zero-order valence-corrected chi connectivity index (χ0v) is 16.6. The Morgan fingerprint density at radius 1 is 0.581 bits per heavy atom. The quantitative estimate of drug-likeness (QED) is 0.338. The van der Waals surface area contributed by atoms with Crippen molar-refractivity contribution in [2.45, 2.75) is 0 Å². The molecule has 0 saturated carbocycles. The van der Waals surface area contributed by atoms with Crippen LogP contribution in [0.15, 0.2) is 109 Å². The first-order chi connectivity index (χ1) is 15.4. The molecule has 6 rings (SSSR count). The first-order valence-electron chi connectivity index (χ1n) is 10.1. The summed E-state index contributed by atoms with van der Waals surface area (Å²) in [4.78, 5) is 2.22. The van der Waals surface area contributed by atoms with Crippen LogP contribution < -0.4 is 9.64 Å². The number of ether oxygens (including phenoxy) is 1. The predicted octanol–water partition coefficient (Wildman–Crippen LogP) is 6.51. The molecule has 0 fully saturated rings. The van der Waals surface area contributed by atoms with Crippen molar-refractivity contribution in [2.24, 2.45) is 0 Å². The van der Waals surface area contributed by atoms with Crippen LogP contribution in [0.1, 0.15) is 0 Å². The van der Waals surface area contributed by atoms with Gasteiger partial charge in [0.2, 0.25) is 0 Å². The Morgan fingerprint density at radius 3 is 1.87 bits per heavy atom. The smallest absolute Gasteiger partial charge is 0.151 e. The summed E-state index contributed by atoms with van der Waals surface area (Å²) in [6, 6.07) is 34.5. The maximum Gasteiger partial charge on any atom is 0.151 e. The molecule has 1 aliphatic heterocycles. The van der Waals surface area contributed by atoms with E-state index in [4.69, 9.17) is 4.74 Å². The molecule has 1 aromatic heterocycles. The van der Waals surface area contributed by atoms with E-state index in [0.29, 0.717) is 0 Å². The lowest BCUT2D eigenvalue weighted by Crippen LogP contribution is -2.15. The van der Waals surface area contributed by atoms with E-state index in [1.807, 2.05) is 72.9 Å². The van der Waals surface area contributed by atoms with Crippen LogP contribution in [-0.4, -0.2) is 15.0 Å². The lowest BCUT2D eigenvalue weighted by molar-refractivity contribution is 0.477. The number of hydrogen-bond donors (Lipinski definition) is 0. The van der Waals surface area contributed by atoms with E-state index in [-0.39, 0.29) is 0 Å². The second-order valence-electron chi connectivity index (χ2n) is 7.30. The number of nitrogens with zero attached hydrogens (tertiary/aromatic N) is 4. The fraction of sp³-hybridized carbons (Fsp3) is 0. The van der Waals surface area contributed by atoms with E-state index in [0.717, 1.165) is 45.5 Å². The van der Waals surface area contributed by atoms with Crippen molar-refractivity contribution in [2.75, 3.05) is 4.90 Å². The van der Waals surface area contributed by atoms with Crippen LogP contribution in [0.25, 0.3) is 16.9 Å². The summed E-state index contributed by atoms with van der Waals surface area (Å²) in [6.07, 6.45) is 1.95. The van der Waals surface area contributed by atoms with Gasteiger partial charge in [0.25, 0.3) is 0 Å². The van der Waals surface area contributed by atoms with Crippen LogP contribution in [0, 0.1) is 0 Å². The van der Waals surface area contributed by atoms with E-state index >= 15 is 0 Å². The summed E-state index contributed by atoms with van der Waals surface area (Å²) in [5.41, 5.74) is 5.92. The van der Waals surface area contributed by atoms with Gasteiger partial charge in [0.1, 0.15) is 5.69 Å². The Morgan fingerprint density at radius 2 is 1.19 bits per heavy atom. The van der Waals surface area contributed by atoms with Gasteiger partial charge in [-0.15, -0.1) is 5.10 Å². The molecule has 5 aromatic rings. The second-order valence-corrected chi connectivity index (χ2v) is 7.30. The lowest BCUT2D eigenvalue weighted by atomic mass is 10.1. The number of fused-ring (bicyclic) bond motifs is 2. The van der Waals surface area contributed by atoms with Crippen molar-refractivity contribution >= 4 is 17.1 Å².